The molecule has 0 aliphatic heterocycles. The third-order valence-corrected chi connectivity index (χ3v) is 5.99. The first-order chi connectivity index (χ1) is 13.7. The highest BCUT2D eigenvalue weighted by atomic mass is 32.1. The second kappa shape index (κ2) is 8.89. The Morgan fingerprint density at radius 3 is 2.24 bits per heavy atom. The lowest BCUT2D eigenvalue weighted by molar-refractivity contribution is -0.885. The van der Waals surface area contributed by atoms with E-state index in [-0.39, 0.29) is 5.91 Å². The van der Waals surface area contributed by atoms with Crippen LogP contribution in [0.1, 0.15) is 32.1 Å². The van der Waals surface area contributed by atoms with Gasteiger partial charge in [0.25, 0.3) is 5.91 Å². The fourth-order valence-electron chi connectivity index (χ4n) is 3.66. The number of anilines is 1. The predicted octanol–water partition coefficient (Wildman–Crippen LogP) is 4.01. The minimum absolute atomic E-state index is 0.0320. The SMILES string of the molecule is Cc1ccc(-c2nc(C[NH+](C)CC(=O)Nc3c(C)cc(C)cc3C)sc2C)cc1. The van der Waals surface area contributed by atoms with Crippen molar-refractivity contribution in [3.05, 3.63) is 68.5 Å². The van der Waals surface area contributed by atoms with Gasteiger partial charge in [-0.3, -0.25) is 4.79 Å². The molecular weight excluding hydrogens is 378 g/mol. The van der Waals surface area contributed by atoms with Crippen molar-refractivity contribution in [1.29, 1.82) is 0 Å². The van der Waals surface area contributed by atoms with Crippen molar-refractivity contribution in [3.8, 4) is 11.3 Å². The molecule has 4 nitrogen and oxygen atoms in total. The van der Waals surface area contributed by atoms with Crippen LogP contribution in [0.2, 0.25) is 0 Å². The van der Waals surface area contributed by atoms with Crippen LogP contribution in [0.4, 0.5) is 5.69 Å². The summed E-state index contributed by atoms with van der Waals surface area (Å²) in [5, 5.41) is 4.15. The Hall–Kier alpha value is -2.50. The van der Waals surface area contributed by atoms with Crippen molar-refractivity contribution in [2.24, 2.45) is 0 Å². The molecule has 0 saturated heterocycles. The quantitative estimate of drug-likeness (QED) is 0.647. The van der Waals surface area contributed by atoms with E-state index in [1.807, 2.05) is 20.9 Å². The number of nitrogens with zero attached hydrogens (tertiary/aromatic N) is 1. The molecule has 0 aliphatic rings. The van der Waals surface area contributed by atoms with Gasteiger partial charge < -0.3 is 10.2 Å². The standard InChI is InChI=1S/C24H29N3OS/c1-15-7-9-20(10-8-15)24-19(5)29-22(26-24)14-27(6)13-21(28)25-23-17(3)11-16(2)12-18(23)4/h7-12H,13-14H2,1-6H3,(H,25,28)/p+1. The molecule has 152 valence electrons. The number of amides is 1. The van der Waals surface area contributed by atoms with Crippen LogP contribution in [0.5, 0.6) is 0 Å². The second-order valence-electron chi connectivity index (χ2n) is 8.01. The molecule has 0 aliphatic carbocycles. The minimum atomic E-state index is 0.0320. The van der Waals surface area contributed by atoms with Gasteiger partial charge in [0.05, 0.1) is 12.7 Å². The van der Waals surface area contributed by atoms with Crippen molar-refractivity contribution < 1.29 is 9.69 Å². The van der Waals surface area contributed by atoms with E-state index in [2.05, 4.69) is 62.5 Å². The van der Waals surface area contributed by atoms with Gasteiger partial charge in [-0.05, 0) is 45.7 Å². The molecule has 1 heterocycles. The van der Waals surface area contributed by atoms with Crippen molar-refractivity contribution in [2.75, 3.05) is 18.9 Å². The van der Waals surface area contributed by atoms with Crippen LogP contribution in [-0.2, 0) is 11.3 Å². The highest BCUT2D eigenvalue weighted by molar-refractivity contribution is 7.12. The number of quaternary nitrogens is 1. The van der Waals surface area contributed by atoms with Crippen LogP contribution >= 0.6 is 11.3 Å². The summed E-state index contributed by atoms with van der Waals surface area (Å²) in [6.07, 6.45) is 0. The van der Waals surface area contributed by atoms with Gasteiger partial charge in [0, 0.05) is 16.1 Å². The van der Waals surface area contributed by atoms with Crippen LogP contribution in [0.15, 0.2) is 36.4 Å². The Bertz CT molecular complexity index is 998. The number of carbonyl (C=O) groups is 1. The highest BCUT2D eigenvalue weighted by Crippen LogP contribution is 2.27. The summed E-state index contributed by atoms with van der Waals surface area (Å²) < 4.78 is 0. The molecule has 1 aromatic heterocycles. The number of aromatic nitrogens is 1. The number of thiazole rings is 1. The zero-order valence-electron chi connectivity index (χ0n) is 18.1. The van der Waals surface area contributed by atoms with E-state index in [0.29, 0.717) is 6.54 Å². The molecule has 2 N–H and O–H groups in total. The topological polar surface area (TPSA) is 46.4 Å². The Morgan fingerprint density at radius 1 is 1.00 bits per heavy atom. The van der Waals surface area contributed by atoms with Gasteiger partial charge in [-0.1, -0.05) is 47.5 Å². The van der Waals surface area contributed by atoms with Crippen molar-refractivity contribution in [2.45, 2.75) is 41.2 Å². The summed E-state index contributed by atoms with van der Waals surface area (Å²) in [6, 6.07) is 12.7. The van der Waals surface area contributed by atoms with Gasteiger partial charge in [-0.15, -0.1) is 11.3 Å². The van der Waals surface area contributed by atoms with Crippen LogP contribution < -0.4 is 10.2 Å². The Morgan fingerprint density at radius 2 is 1.62 bits per heavy atom. The number of nitrogens with one attached hydrogen (secondary N) is 2. The van der Waals surface area contributed by atoms with Crippen LogP contribution in [0.25, 0.3) is 11.3 Å². The smallest absolute Gasteiger partial charge is 0.279 e. The number of likely N-dealkylation sites (N-methyl/N-ethyl adjacent to an activating group) is 1. The molecular formula is C24H30N3OS+. The van der Waals surface area contributed by atoms with Gasteiger partial charge in [0.15, 0.2) is 6.54 Å². The minimum Gasteiger partial charge on any atom is -0.324 e. The van der Waals surface area contributed by atoms with E-state index in [4.69, 9.17) is 4.98 Å². The molecule has 2 aromatic carbocycles. The van der Waals surface area contributed by atoms with E-state index in [1.165, 1.54) is 16.0 Å². The molecule has 0 saturated carbocycles. The zero-order chi connectivity index (χ0) is 21.1. The molecule has 0 radical (unpaired) electrons. The fraction of sp³-hybridized carbons (Fsp3) is 0.333. The van der Waals surface area contributed by atoms with Crippen LogP contribution in [-0.4, -0.2) is 24.5 Å². The van der Waals surface area contributed by atoms with E-state index < -0.39 is 0 Å². The Kier molecular flexibility index (Phi) is 6.50. The second-order valence-corrected chi connectivity index (χ2v) is 9.30. The number of carbonyl (C=O) groups excluding carboxylic acids is 1. The maximum atomic E-state index is 12.6. The van der Waals surface area contributed by atoms with E-state index >= 15 is 0 Å². The van der Waals surface area contributed by atoms with Crippen LogP contribution in [0.3, 0.4) is 0 Å². The molecule has 0 fully saturated rings. The summed E-state index contributed by atoms with van der Waals surface area (Å²) >= 11 is 1.72. The first-order valence-corrected chi connectivity index (χ1v) is 10.8. The summed E-state index contributed by atoms with van der Waals surface area (Å²) in [4.78, 5) is 19.8. The van der Waals surface area contributed by atoms with Gasteiger partial charge in [-0.2, -0.15) is 0 Å². The average molecular weight is 409 g/mol. The number of benzene rings is 2. The molecule has 1 unspecified atom stereocenters. The maximum absolute atomic E-state index is 12.6. The highest BCUT2D eigenvalue weighted by Gasteiger charge is 2.17. The van der Waals surface area contributed by atoms with E-state index in [1.54, 1.807) is 11.3 Å². The lowest BCUT2D eigenvalue weighted by atomic mass is 10.1. The molecule has 3 aromatic rings. The molecule has 1 atom stereocenters. The number of rotatable bonds is 6. The van der Waals surface area contributed by atoms with Gasteiger partial charge in [0.2, 0.25) is 0 Å². The average Bonchev–Trinajstić information content (AvgIpc) is 2.98. The first kappa shape index (κ1) is 21.2. The Balaban J connectivity index is 1.64. The van der Waals surface area contributed by atoms with Crippen molar-refractivity contribution >= 4 is 22.9 Å². The first-order valence-electron chi connectivity index (χ1n) is 9.95. The fourth-order valence-corrected chi connectivity index (χ4v) is 4.73. The summed E-state index contributed by atoms with van der Waals surface area (Å²) in [5.41, 5.74) is 7.79. The molecule has 1 amide bonds. The normalized spacial score (nSPS) is 12.1. The van der Waals surface area contributed by atoms with Gasteiger partial charge in [-0.25, -0.2) is 4.98 Å². The predicted molar refractivity (Wildman–Crippen MR) is 122 cm³/mol. The largest absolute Gasteiger partial charge is 0.324 e. The molecule has 0 spiro atoms. The monoisotopic (exact) mass is 408 g/mol. The molecule has 5 heteroatoms. The van der Waals surface area contributed by atoms with Crippen molar-refractivity contribution in [1.82, 2.24) is 4.98 Å². The third kappa shape index (κ3) is 5.31. The Labute approximate surface area is 177 Å². The third-order valence-electron chi connectivity index (χ3n) is 5.02. The van der Waals surface area contributed by atoms with Gasteiger partial charge >= 0.3 is 0 Å². The zero-order valence-corrected chi connectivity index (χ0v) is 19.0. The lowest BCUT2D eigenvalue weighted by Crippen LogP contribution is -3.08. The van der Waals surface area contributed by atoms with Gasteiger partial charge in [0.1, 0.15) is 11.6 Å². The lowest BCUT2D eigenvalue weighted by Gasteiger charge is -2.15. The molecule has 29 heavy (non-hydrogen) atoms. The summed E-state index contributed by atoms with van der Waals surface area (Å²) in [5.74, 6) is 0.0320. The van der Waals surface area contributed by atoms with Crippen molar-refractivity contribution in [3.63, 3.8) is 0 Å². The molecule has 3 rings (SSSR count). The number of hydrogen-bond acceptors (Lipinski definition) is 3. The maximum Gasteiger partial charge on any atom is 0.279 e. The van der Waals surface area contributed by atoms with E-state index in [0.717, 1.165) is 44.5 Å². The molecule has 0 bridgehead atoms. The number of hydrogen-bond donors (Lipinski definition) is 2. The number of aryl methyl sites for hydroxylation is 5. The summed E-state index contributed by atoms with van der Waals surface area (Å²) in [6.45, 7) is 11.5. The van der Waals surface area contributed by atoms with E-state index in [9.17, 15) is 4.79 Å². The van der Waals surface area contributed by atoms with Crippen LogP contribution in [0, 0.1) is 34.6 Å². The summed E-state index contributed by atoms with van der Waals surface area (Å²) in [7, 11) is 2.04.